The Bertz CT molecular complexity index is 1350. The average Bonchev–Trinajstić information content (AvgIpc) is 3.55. The molecule has 0 aliphatic carbocycles. The maximum Gasteiger partial charge on any atom is 0.174 e. The molecule has 2 unspecified atom stereocenters. The standard InChI is InChI=1S/C29H28N4O2S2/c1-20-5-11-23(12-6-20)37-26-14-13-25(35-26)28-27(24-4-2-3-15-30-24)31-29(36)33(28)22-9-7-21(8-10-22)32-16-18-34-19-17-32/h2-15,27-28H,16-19H2,1H3,(H,31,36). The largest absolute Gasteiger partial charge is 0.452 e. The van der Waals surface area contributed by atoms with Gasteiger partial charge in [-0.3, -0.25) is 4.98 Å². The first kappa shape index (κ1) is 24.0. The molecule has 4 heterocycles. The summed E-state index contributed by atoms with van der Waals surface area (Å²) in [5.41, 5.74) is 4.37. The van der Waals surface area contributed by atoms with E-state index >= 15 is 0 Å². The fraction of sp³-hybridized carbons (Fsp3) is 0.241. The van der Waals surface area contributed by atoms with Crippen molar-refractivity contribution in [3.8, 4) is 0 Å². The molecule has 6 nitrogen and oxygen atoms in total. The number of benzene rings is 2. The number of aryl methyl sites for hydroxylation is 1. The Morgan fingerprint density at radius 2 is 1.68 bits per heavy atom. The molecule has 2 aliphatic rings. The van der Waals surface area contributed by atoms with Crippen LogP contribution in [-0.2, 0) is 4.74 Å². The van der Waals surface area contributed by atoms with Gasteiger partial charge in [0.2, 0.25) is 0 Å². The average molecular weight is 529 g/mol. The van der Waals surface area contributed by atoms with Gasteiger partial charge in [0, 0.05) is 35.6 Å². The van der Waals surface area contributed by atoms with Crippen LogP contribution in [0.15, 0.2) is 99.5 Å². The van der Waals surface area contributed by atoms with Gasteiger partial charge in [0.25, 0.3) is 0 Å². The van der Waals surface area contributed by atoms with Crippen LogP contribution in [0.4, 0.5) is 11.4 Å². The highest BCUT2D eigenvalue weighted by atomic mass is 32.2. The molecule has 37 heavy (non-hydrogen) atoms. The third kappa shape index (κ3) is 5.09. The normalized spacial score (nSPS) is 19.8. The van der Waals surface area contributed by atoms with E-state index in [1.54, 1.807) is 11.8 Å². The van der Waals surface area contributed by atoms with Crippen LogP contribution in [0.3, 0.4) is 0 Å². The monoisotopic (exact) mass is 528 g/mol. The van der Waals surface area contributed by atoms with E-state index in [0.717, 1.165) is 53.4 Å². The minimum absolute atomic E-state index is 0.143. The number of anilines is 2. The molecule has 2 aliphatic heterocycles. The molecule has 2 aromatic heterocycles. The minimum Gasteiger partial charge on any atom is -0.452 e. The molecule has 2 atom stereocenters. The predicted octanol–water partition coefficient (Wildman–Crippen LogP) is 6.15. The maximum atomic E-state index is 6.44. The predicted molar refractivity (Wildman–Crippen MR) is 151 cm³/mol. The van der Waals surface area contributed by atoms with Crippen LogP contribution < -0.4 is 15.1 Å². The number of ether oxygens (including phenoxy) is 1. The van der Waals surface area contributed by atoms with Gasteiger partial charge in [0.15, 0.2) is 10.2 Å². The molecule has 2 saturated heterocycles. The highest BCUT2D eigenvalue weighted by Gasteiger charge is 2.42. The van der Waals surface area contributed by atoms with Crippen molar-refractivity contribution < 1.29 is 9.15 Å². The van der Waals surface area contributed by atoms with Gasteiger partial charge in [0.1, 0.15) is 11.8 Å². The lowest BCUT2D eigenvalue weighted by Crippen LogP contribution is -2.36. The van der Waals surface area contributed by atoms with Crippen molar-refractivity contribution in [2.24, 2.45) is 0 Å². The zero-order chi connectivity index (χ0) is 25.2. The Hall–Kier alpha value is -3.33. The Morgan fingerprint density at radius 3 is 2.41 bits per heavy atom. The third-order valence-corrected chi connectivity index (χ3v) is 7.98. The van der Waals surface area contributed by atoms with E-state index in [9.17, 15) is 0 Å². The molecule has 0 radical (unpaired) electrons. The third-order valence-electron chi connectivity index (χ3n) is 6.74. The van der Waals surface area contributed by atoms with Crippen molar-refractivity contribution in [3.05, 3.63) is 102 Å². The summed E-state index contributed by atoms with van der Waals surface area (Å²) in [5.74, 6) is 0.842. The lowest BCUT2D eigenvalue weighted by atomic mass is 10.0. The van der Waals surface area contributed by atoms with Crippen molar-refractivity contribution in [2.75, 3.05) is 36.1 Å². The van der Waals surface area contributed by atoms with Crippen LogP contribution in [0.2, 0.25) is 0 Å². The molecule has 1 N–H and O–H groups in total. The second-order valence-corrected chi connectivity index (χ2v) is 10.6. The Kier molecular flexibility index (Phi) is 6.87. The molecule has 8 heteroatoms. The summed E-state index contributed by atoms with van der Waals surface area (Å²) < 4.78 is 12.0. The Labute approximate surface area is 226 Å². The molecule has 6 rings (SSSR count). The number of furan rings is 1. The van der Waals surface area contributed by atoms with Gasteiger partial charge in [0.05, 0.1) is 24.9 Å². The molecule has 0 amide bonds. The molecule has 188 valence electrons. The van der Waals surface area contributed by atoms with E-state index in [1.807, 2.05) is 30.5 Å². The lowest BCUT2D eigenvalue weighted by Gasteiger charge is -2.30. The number of nitrogens with zero attached hydrogens (tertiary/aromatic N) is 3. The van der Waals surface area contributed by atoms with Gasteiger partial charge in [-0.1, -0.05) is 35.5 Å². The summed E-state index contributed by atoms with van der Waals surface area (Å²) in [5, 5.41) is 5.01. The highest BCUT2D eigenvalue weighted by molar-refractivity contribution is 7.99. The fourth-order valence-electron chi connectivity index (χ4n) is 4.84. The molecular formula is C29H28N4O2S2. The van der Waals surface area contributed by atoms with Gasteiger partial charge in [-0.25, -0.2) is 0 Å². The quantitative estimate of drug-likeness (QED) is 0.299. The van der Waals surface area contributed by atoms with Crippen LogP contribution in [0.25, 0.3) is 0 Å². The van der Waals surface area contributed by atoms with E-state index in [0.29, 0.717) is 5.11 Å². The Morgan fingerprint density at radius 1 is 0.919 bits per heavy atom. The number of rotatable bonds is 6. The van der Waals surface area contributed by atoms with Gasteiger partial charge < -0.3 is 24.3 Å². The summed E-state index contributed by atoms with van der Waals surface area (Å²) in [6, 6.07) is 26.8. The molecule has 0 spiro atoms. The van der Waals surface area contributed by atoms with Crippen molar-refractivity contribution in [1.29, 1.82) is 0 Å². The molecule has 4 aromatic rings. The minimum atomic E-state index is -0.177. The van der Waals surface area contributed by atoms with Crippen LogP contribution in [0, 0.1) is 6.92 Å². The highest BCUT2D eigenvalue weighted by Crippen LogP contribution is 2.43. The fourth-order valence-corrected chi connectivity index (χ4v) is 5.96. The lowest BCUT2D eigenvalue weighted by molar-refractivity contribution is 0.122. The second-order valence-electron chi connectivity index (χ2n) is 9.18. The van der Waals surface area contributed by atoms with Gasteiger partial charge >= 0.3 is 0 Å². The molecular weight excluding hydrogens is 500 g/mol. The van der Waals surface area contributed by atoms with Crippen molar-refractivity contribution >= 4 is 40.5 Å². The van der Waals surface area contributed by atoms with Crippen molar-refractivity contribution in [3.63, 3.8) is 0 Å². The van der Waals surface area contributed by atoms with E-state index in [4.69, 9.17) is 21.4 Å². The van der Waals surface area contributed by atoms with Crippen LogP contribution >= 0.6 is 24.0 Å². The van der Waals surface area contributed by atoms with Crippen LogP contribution in [0.5, 0.6) is 0 Å². The first-order valence-electron chi connectivity index (χ1n) is 12.4. The van der Waals surface area contributed by atoms with Crippen LogP contribution in [0.1, 0.15) is 29.1 Å². The maximum absolute atomic E-state index is 6.44. The zero-order valence-corrected chi connectivity index (χ0v) is 22.2. The topological polar surface area (TPSA) is 53.8 Å². The number of hydrogen-bond acceptors (Lipinski definition) is 6. The molecule has 0 saturated carbocycles. The SMILES string of the molecule is Cc1ccc(Sc2ccc(C3C(c4ccccn4)NC(=S)N3c3ccc(N4CCOCC4)cc3)o2)cc1. The molecule has 0 bridgehead atoms. The van der Waals surface area contributed by atoms with E-state index in [2.05, 4.69) is 81.6 Å². The van der Waals surface area contributed by atoms with Gasteiger partial charge in [-0.15, -0.1) is 0 Å². The Balaban J connectivity index is 1.32. The summed E-state index contributed by atoms with van der Waals surface area (Å²) in [7, 11) is 0. The number of pyridine rings is 1. The first-order chi connectivity index (χ1) is 18.2. The summed E-state index contributed by atoms with van der Waals surface area (Å²) >= 11 is 7.49. The molecule has 2 aromatic carbocycles. The second kappa shape index (κ2) is 10.6. The van der Waals surface area contributed by atoms with E-state index in [1.165, 1.54) is 11.3 Å². The first-order valence-corrected chi connectivity index (χ1v) is 13.7. The van der Waals surface area contributed by atoms with Gasteiger partial charge in [-0.2, -0.15) is 0 Å². The number of thiocarbonyl (C=S) groups is 1. The summed E-state index contributed by atoms with van der Waals surface area (Å²) in [6.07, 6.45) is 1.82. The van der Waals surface area contributed by atoms with Gasteiger partial charge in [-0.05, 0) is 79.8 Å². The zero-order valence-electron chi connectivity index (χ0n) is 20.5. The summed E-state index contributed by atoms with van der Waals surface area (Å²) in [4.78, 5) is 10.3. The van der Waals surface area contributed by atoms with Crippen molar-refractivity contribution in [2.45, 2.75) is 29.0 Å². The van der Waals surface area contributed by atoms with Crippen molar-refractivity contribution in [1.82, 2.24) is 10.3 Å². The smallest absolute Gasteiger partial charge is 0.174 e. The van der Waals surface area contributed by atoms with E-state index in [-0.39, 0.29) is 12.1 Å². The molecule has 2 fully saturated rings. The summed E-state index contributed by atoms with van der Waals surface area (Å²) in [6.45, 7) is 5.42. The number of aromatic nitrogens is 1. The van der Waals surface area contributed by atoms with E-state index < -0.39 is 0 Å². The van der Waals surface area contributed by atoms with Crippen LogP contribution in [-0.4, -0.2) is 36.4 Å². The number of morpholine rings is 1. The number of hydrogen-bond donors (Lipinski definition) is 1. The number of nitrogens with one attached hydrogen (secondary N) is 1.